The van der Waals surface area contributed by atoms with E-state index in [0.717, 1.165) is 15.7 Å². The van der Waals surface area contributed by atoms with Crippen LogP contribution in [0, 0.1) is 18.8 Å². The molecule has 1 aromatic carbocycles. The van der Waals surface area contributed by atoms with Gasteiger partial charge in [0.15, 0.2) is 0 Å². The van der Waals surface area contributed by atoms with E-state index in [-0.39, 0.29) is 5.91 Å². The summed E-state index contributed by atoms with van der Waals surface area (Å²) in [6, 6.07) is 5.56. The van der Waals surface area contributed by atoms with Crippen molar-refractivity contribution in [3.63, 3.8) is 0 Å². The number of allylic oxidation sites excluding steroid dienone is 2. The minimum atomic E-state index is -0.915. The van der Waals surface area contributed by atoms with E-state index in [0.29, 0.717) is 12.8 Å². The average Bonchev–Trinajstić information content (AvgIpc) is 2.41. The van der Waals surface area contributed by atoms with Gasteiger partial charge in [-0.3, -0.25) is 9.59 Å². The minimum Gasteiger partial charge on any atom is -0.481 e. The van der Waals surface area contributed by atoms with Crippen LogP contribution in [0.25, 0.3) is 0 Å². The standard InChI is InChI=1S/C15H16BrNO3/c1-9-8-10(16)6-7-13(9)17-14(18)11-4-2-3-5-12(11)15(19)20/h2-3,6-8,11-12H,4-5H2,1H3,(H,17,18)(H,19,20)/t11-,12+/m0/s1. The molecule has 0 heterocycles. The Labute approximate surface area is 126 Å². The Hall–Kier alpha value is -1.62. The zero-order chi connectivity index (χ0) is 14.7. The van der Waals surface area contributed by atoms with Gasteiger partial charge >= 0.3 is 5.97 Å². The van der Waals surface area contributed by atoms with Crippen LogP contribution in [0.2, 0.25) is 0 Å². The van der Waals surface area contributed by atoms with Crippen LogP contribution in [0.5, 0.6) is 0 Å². The number of aliphatic carboxylic acids is 1. The summed E-state index contributed by atoms with van der Waals surface area (Å²) in [7, 11) is 0. The zero-order valence-electron chi connectivity index (χ0n) is 11.1. The fraction of sp³-hybridized carbons (Fsp3) is 0.333. The second kappa shape index (κ2) is 6.22. The minimum absolute atomic E-state index is 0.229. The molecule has 1 amide bonds. The lowest BCUT2D eigenvalue weighted by atomic mass is 9.82. The van der Waals surface area contributed by atoms with Gasteiger partial charge in [0.2, 0.25) is 5.91 Å². The first-order chi connectivity index (χ1) is 9.49. The summed E-state index contributed by atoms with van der Waals surface area (Å²) in [6.45, 7) is 1.90. The summed E-state index contributed by atoms with van der Waals surface area (Å²) in [6.07, 6.45) is 4.58. The van der Waals surface area contributed by atoms with Crippen molar-refractivity contribution in [3.8, 4) is 0 Å². The molecule has 2 rings (SSSR count). The number of benzene rings is 1. The van der Waals surface area contributed by atoms with E-state index >= 15 is 0 Å². The summed E-state index contributed by atoms with van der Waals surface area (Å²) < 4.78 is 0.942. The summed E-state index contributed by atoms with van der Waals surface area (Å²) in [5.74, 6) is -2.30. The van der Waals surface area contributed by atoms with Gasteiger partial charge in [0.1, 0.15) is 0 Å². The van der Waals surface area contributed by atoms with Crippen molar-refractivity contribution in [3.05, 3.63) is 40.4 Å². The van der Waals surface area contributed by atoms with E-state index < -0.39 is 17.8 Å². The van der Waals surface area contributed by atoms with Crippen LogP contribution in [-0.2, 0) is 9.59 Å². The molecule has 106 valence electrons. The first-order valence-electron chi connectivity index (χ1n) is 6.44. The van der Waals surface area contributed by atoms with Crippen molar-refractivity contribution in [2.45, 2.75) is 19.8 Å². The highest BCUT2D eigenvalue weighted by Crippen LogP contribution is 2.28. The molecule has 20 heavy (non-hydrogen) atoms. The van der Waals surface area contributed by atoms with E-state index in [4.69, 9.17) is 0 Å². The van der Waals surface area contributed by atoms with Crippen LogP contribution in [0.4, 0.5) is 5.69 Å². The molecule has 5 heteroatoms. The molecule has 0 saturated heterocycles. The third kappa shape index (κ3) is 3.28. The van der Waals surface area contributed by atoms with Gasteiger partial charge < -0.3 is 10.4 Å². The summed E-state index contributed by atoms with van der Waals surface area (Å²) >= 11 is 3.37. The Morgan fingerprint density at radius 1 is 1.25 bits per heavy atom. The van der Waals surface area contributed by atoms with Gasteiger partial charge in [0.25, 0.3) is 0 Å². The SMILES string of the molecule is Cc1cc(Br)ccc1NC(=O)[C@H]1CC=CC[C@H]1C(=O)O. The van der Waals surface area contributed by atoms with Gasteiger partial charge in [-0.05, 0) is 43.5 Å². The van der Waals surface area contributed by atoms with Crippen molar-refractivity contribution in [1.82, 2.24) is 0 Å². The van der Waals surface area contributed by atoms with Crippen LogP contribution >= 0.6 is 15.9 Å². The molecular formula is C15H16BrNO3. The number of nitrogens with one attached hydrogen (secondary N) is 1. The Kier molecular flexibility index (Phi) is 4.60. The number of rotatable bonds is 3. The number of hydrogen-bond donors (Lipinski definition) is 2. The predicted octanol–water partition coefficient (Wildman–Crippen LogP) is 3.36. The van der Waals surface area contributed by atoms with Crippen LogP contribution in [-0.4, -0.2) is 17.0 Å². The van der Waals surface area contributed by atoms with Gasteiger partial charge in [-0.15, -0.1) is 0 Å². The number of halogens is 1. The molecule has 1 aliphatic rings. The first-order valence-corrected chi connectivity index (χ1v) is 7.23. The third-order valence-electron chi connectivity index (χ3n) is 3.53. The molecule has 0 fully saturated rings. The number of carboxylic acid groups (broad SMARTS) is 1. The normalized spacial score (nSPS) is 21.5. The number of hydrogen-bond acceptors (Lipinski definition) is 2. The molecule has 0 radical (unpaired) electrons. The van der Waals surface area contributed by atoms with Crippen LogP contribution in [0.15, 0.2) is 34.8 Å². The molecule has 2 N–H and O–H groups in total. The topological polar surface area (TPSA) is 66.4 Å². The number of amides is 1. The lowest BCUT2D eigenvalue weighted by molar-refractivity contribution is -0.146. The highest BCUT2D eigenvalue weighted by Gasteiger charge is 2.34. The van der Waals surface area contributed by atoms with E-state index in [1.165, 1.54) is 0 Å². The molecule has 0 bridgehead atoms. The smallest absolute Gasteiger partial charge is 0.307 e. The maximum absolute atomic E-state index is 12.3. The lowest BCUT2D eigenvalue weighted by Crippen LogP contribution is -2.34. The molecule has 4 nitrogen and oxygen atoms in total. The molecule has 1 aromatic rings. The first kappa shape index (κ1) is 14.8. The Balaban J connectivity index is 2.14. The average molecular weight is 338 g/mol. The van der Waals surface area contributed by atoms with Crippen molar-refractivity contribution in [2.75, 3.05) is 5.32 Å². The third-order valence-corrected chi connectivity index (χ3v) is 4.03. The van der Waals surface area contributed by atoms with Gasteiger partial charge in [-0.2, -0.15) is 0 Å². The Morgan fingerprint density at radius 2 is 1.90 bits per heavy atom. The van der Waals surface area contributed by atoms with Crippen LogP contribution < -0.4 is 5.32 Å². The molecule has 1 aliphatic carbocycles. The molecule has 0 aliphatic heterocycles. The van der Waals surface area contributed by atoms with Crippen LogP contribution in [0.1, 0.15) is 18.4 Å². The quantitative estimate of drug-likeness (QED) is 0.831. The second-order valence-electron chi connectivity index (χ2n) is 4.94. The number of carbonyl (C=O) groups is 2. The lowest BCUT2D eigenvalue weighted by Gasteiger charge is -2.24. The predicted molar refractivity (Wildman–Crippen MR) is 80.5 cm³/mol. The molecule has 0 saturated carbocycles. The number of anilines is 1. The molecule has 0 spiro atoms. The fourth-order valence-electron chi connectivity index (χ4n) is 2.37. The van der Waals surface area contributed by atoms with Gasteiger partial charge in [-0.25, -0.2) is 0 Å². The largest absolute Gasteiger partial charge is 0.481 e. The number of carboxylic acids is 1. The summed E-state index contributed by atoms with van der Waals surface area (Å²) in [5, 5.41) is 12.0. The monoisotopic (exact) mass is 337 g/mol. The number of carbonyl (C=O) groups excluding carboxylic acids is 1. The summed E-state index contributed by atoms with van der Waals surface area (Å²) in [4.78, 5) is 23.5. The van der Waals surface area contributed by atoms with Gasteiger partial charge in [0.05, 0.1) is 11.8 Å². The van der Waals surface area contributed by atoms with Gasteiger partial charge in [0, 0.05) is 10.2 Å². The molecule has 0 unspecified atom stereocenters. The molecule has 2 atom stereocenters. The van der Waals surface area contributed by atoms with E-state index in [9.17, 15) is 14.7 Å². The highest BCUT2D eigenvalue weighted by atomic mass is 79.9. The van der Waals surface area contributed by atoms with Gasteiger partial charge in [-0.1, -0.05) is 28.1 Å². The van der Waals surface area contributed by atoms with Crippen LogP contribution in [0.3, 0.4) is 0 Å². The Bertz CT molecular complexity index is 568. The summed E-state index contributed by atoms with van der Waals surface area (Å²) in [5.41, 5.74) is 1.66. The van der Waals surface area contributed by atoms with E-state index in [2.05, 4.69) is 21.2 Å². The van der Waals surface area contributed by atoms with E-state index in [1.54, 1.807) is 0 Å². The van der Waals surface area contributed by atoms with Crippen molar-refractivity contribution in [1.29, 1.82) is 0 Å². The van der Waals surface area contributed by atoms with Crippen molar-refractivity contribution in [2.24, 2.45) is 11.8 Å². The highest BCUT2D eigenvalue weighted by molar-refractivity contribution is 9.10. The van der Waals surface area contributed by atoms with Crippen molar-refractivity contribution < 1.29 is 14.7 Å². The second-order valence-corrected chi connectivity index (χ2v) is 5.86. The Morgan fingerprint density at radius 3 is 2.50 bits per heavy atom. The molecular weight excluding hydrogens is 322 g/mol. The zero-order valence-corrected chi connectivity index (χ0v) is 12.7. The molecule has 0 aromatic heterocycles. The number of aryl methyl sites for hydroxylation is 1. The maximum Gasteiger partial charge on any atom is 0.307 e. The maximum atomic E-state index is 12.3. The van der Waals surface area contributed by atoms with E-state index in [1.807, 2.05) is 37.3 Å². The van der Waals surface area contributed by atoms with Crippen molar-refractivity contribution >= 4 is 33.5 Å². The fourth-order valence-corrected chi connectivity index (χ4v) is 2.85.